The van der Waals surface area contributed by atoms with Crippen LogP contribution in [0.2, 0.25) is 0 Å². The zero-order valence-electron chi connectivity index (χ0n) is 22.1. The summed E-state index contributed by atoms with van der Waals surface area (Å²) in [5.41, 5.74) is -8.33. The Kier molecular flexibility index (Phi) is 8.71. The fraction of sp³-hybridized carbons (Fsp3) is 0.586. The number of benzene rings is 2. The molecule has 0 amide bonds. The molecule has 2 fully saturated rings. The van der Waals surface area contributed by atoms with E-state index >= 15 is 13.2 Å². The fourth-order valence-corrected chi connectivity index (χ4v) is 4.94. The fourth-order valence-electron chi connectivity index (χ4n) is 4.94. The van der Waals surface area contributed by atoms with Crippen molar-refractivity contribution in [2.24, 2.45) is 10.8 Å². The van der Waals surface area contributed by atoms with Gasteiger partial charge in [0.25, 0.3) is 5.67 Å². The summed E-state index contributed by atoms with van der Waals surface area (Å²) in [7, 11) is 0. The van der Waals surface area contributed by atoms with Crippen LogP contribution < -0.4 is 0 Å². The molecular formula is C29H34F6O4. The van der Waals surface area contributed by atoms with Crippen LogP contribution in [-0.2, 0) is 43.8 Å². The number of halogens is 6. The van der Waals surface area contributed by atoms with Gasteiger partial charge in [0.05, 0.1) is 52.9 Å². The third kappa shape index (κ3) is 5.58. The Balaban J connectivity index is 1.64. The summed E-state index contributed by atoms with van der Waals surface area (Å²) < 4.78 is 114. The molecule has 0 aromatic heterocycles. The molecule has 4 nitrogen and oxygen atoms in total. The van der Waals surface area contributed by atoms with Crippen LogP contribution in [0.25, 0.3) is 0 Å². The van der Waals surface area contributed by atoms with Crippen LogP contribution in [0.4, 0.5) is 26.3 Å². The quantitative estimate of drug-likeness (QED) is 0.245. The lowest BCUT2D eigenvalue weighted by Crippen LogP contribution is -2.52. The summed E-state index contributed by atoms with van der Waals surface area (Å²) in [5, 5.41) is 0. The molecule has 39 heavy (non-hydrogen) atoms. The number of hydrogen-bond donors (Lipinski definition) is 0. The number of alkyl halides is 6. The minimum absolute atomic E-state index is 0.157. The molecular weight excluding hydrogens is 526 g/mol. The van der Waals surface area contributed by atoms with Crippen LogP contribution in [0.5, 0.6) is 0 Å². The predicted molar refractivity (Wildman–Crippen MR) is 132 cm³/mol. The van der Waals surface area contributed by atoms with Gasteiger partial charge in [0, 0.05) is 22.0 Å². The highest BCUT2D eigenvalue weighted by Gasteiger charge is 2.73. The monoisotopic (exact) mass is 560 g/mol. The Morgan fingerprint density at radius 2 is 1.08 bits per heavy atom. The van der Waals surface area contributed by atoms with Gasteiger partial charge < -0.3 is 18.9 Å². The van der Waals surface area contributed by atoms with E-state index in [-0.39, 0.29) is 35.2 Å². The summed E-state index contributed by atoms with van der Waals surface area (Å²) in [4.78, 5) is 0. The largest absolute Gasteiger partial charge is 0.433 e. The van der Waals surface area contributed by atoms with E-state index in [9.17, 15) is 13.2 Å². The van der Waals surface area contributed by atoms with Gasteiger partial charge in [-0.25, -0.2) is 4.39 Å². The Bertz CT molecular complexity index is 1100. The van der Waals surface area contributed by atoms with Gasteiger partial charge in [-0.3, -0.25) is 0 Å². The first kappa shape index (κ1) is 29.8. The molecule has 2 aromatic rings. The first-order chi connectivity index (χ1) is 18.4. The normalized spacial score (nSPS) is 20.1. The van der Waals surface area contributed by atoms with E-state index in [4.69, 9.17) is 18.9 Å². The van der Waals surface area contributed by atoms with Crippen LogP contribution >= 0.6 is 0 Å². The van der Waals surface area contributed by atoms with Gasteiger partial charge in [-0.15, -0.1) is 0 Å². The molecule has 0 radical (unpaired) electrons. The summed E-state index contributed by atoms with van der Waals surface area (Å²) in [6.07, 6.45) is -4.49. The van der Waals surface area contributed by atoms with E-state index in [1.54, 1.807) is 0 Å². The van der Waals surface area contributed by atoms with Crippen LogP contribution in [0.3, 0.4) is 0 Å². The van der Waals surface area contributed by atoms with Gasteiger partial charge in [0.15, 0.2) is 0 Å². The van der Waals surface area contributed by atoms with E-state index in [0.29, 0.717) is 32.8 Å². The average Bonchev–Trinajstić information content (AvgIpc) is 2.86. The van der Waals surface area contributed by atoms with Gasteiger partial charge >= 0.3 is 12.1 Å². The van der Waals surface area contributed by atoms with E-state index in [1.807, 2.05) is 13.8 Å². The lowest BCUT2D eigenvalue weighted by Gasteiger charge is -2.41. The van der Waals surface area contributed by atoms with Crippen molar-refractivity contribution in [2.75, 3.05) is 39.6 Å². The third-order valence-electron chi connectivity index (χ3n) is 8.03. The molecule has 0 spiro atoms. The second kappa shape index (κ2) is 11.4. The minimum Gasteiger partial charge on any atom is -0.380 e. The zero-order valence-corrected chi connectivity index (χ0v) is 22.1. The second-order valence-corrected chi connectivity index (χ2v) is 10.7. The van der Waals surface area contributed by atoms with Crippen molar-refractivity contribution in [3.63, 3.8) is 0 Å². The van der Waals surface area contributed by atoms with Crippen molar-refractivity contribution < 1.29 is 45.3 Å². The lowest BCUT2D eigenvalue weighted by molar-refractivity contribution is -0.315. The van der Waals surface area contributed by atoms with E-state index in [0.717, 1.165) is 30.7 Å². The molecule has 2 heterocycles. The average molecular weight is 561 g/mol. The molecule has 0 bridgehead atoms. The van der Waals surface area contributed by atoms with Crippen molar-refractivity contribution in [1.82, 2.24) is 0 Å². The lowest BCUT2D eigenvalue weighted by atomic mass is 9.80. The molecule has 10 heteroatoms. The van der Waals surface area contributed by atoms with Crippen LogP contribution in [0.1, 0.15) is 48.9 Å². The summed E-state index contributed by atoms with van der Waals surface area (Å²) in [6, 6.07) is 9.04. The van der Waals surface area contributed by atoms with Crippen molar-refractivity contribution in [3.8, 4) is 0 Å². The Hall–Kier alpha value is -2.14. The SMILES string of the molecule is CCC1(COCc2ccccc2C(F)(F)C(F)(c2ccccc2COCC2(CC)COC2)C(F)(F)F)COC1. The topological polar surface area (TPSA) is 36.9 Å². The molecule has 1 atom stereocenters. The van der Waals surface area contributed by atoms with Gasteiger partial charge in [-0.2, -0.15) is 22.0 Å². The van der Waals surface area contributed by atoms with Gasteiger partial charge in [-0.05, 0) is 24.0 Å². The maximum absolute atomic E-state index is 16.4. The maximum Gasteiger partial charge on any atom is 0.433 e. The molecule has 0 aliphatic carbocycles. The molecule has 2 aliphatic heterocycles. The van der Waals surface area contributed by atoms with Crippen molar-refractivity contribution >= 4 is 0 Å². The molecule has 4 rings (SSSR count). The predicted octanol–water partition coefficient (Wildman–Crippen LogP) is 7.09. The smallest absolute Gasteiger partial charge is 0.380 e. The van der Waals surface area contributed by atoms with Crippen molar-refractivity contribution in [2.45, 2.75) is 57.7 Å². The number of rotatable bonds is 13. The Morgan fingerprint density at radius 1 is 0.667 bits per heavy atom. The maximum atomic E-state index is 16.4. The van der Waals surface area contributed by atoms with Crippen LogP contribution in [0.15, 0.2) is 48.5 Å². The molecule has 2 aromatic carbocycles. The van der Waals surface area contributed by atoms with Gasteiger partial charge in [-0.1, -0.05) is 62.4 Å². The van der Waals surface area contributed by atoms with Crippen molar-refractivity contribution in [1.29, 1.82) is 0 Å². The highest BCUT2D eigenvalue weighted by Crippen LogP contribution is 2.58. The molecule has 216 valence electrons. The van der Waals surface area contributed by atoms with E-state index in [1.165, 1.54) is 24.3 Å². The number of hydrogen-bond acceptors (Lipinski definition) is 4. The second-order valence-electron chi connectivity index (χ2n) is 10.7. The molecule has 0 saturated carbocycles. The molecule has 1 unspecified atom stereocenters. The summed E-state index contributed by atoms with van der Waals surface area (Å²) in [5.74, 6) is -4.98. The Labute approximate surface area is 224 Å². The van der Waals surface area contributed by atoms with Gasteiger partial charge in [0.2, 0.25) is 0 Å². The molecule has 2 aliphatic rings. The highest BCUT2D eigenvalue weighted by atomic mass is 19.4. The first-order valence-corrected chi connectivity index (χ1v) is 13.0. The minimum atomic E-state index is -5.94. The zero-order chi connectivity index (χ0) is 28.4. The van der Waals surface area contributed by atoms with E-state index < -0.39 is 42.1 Å². The van der Waals surface area contributed by atoms with Gasteiger partial charge in [0.1, 0.15) is 0 Å². The Morgan fingerprint density at radius 3 is 1.46 bits per heavy atom. The van der Waals surface area contributed by atoms with Crippen LogP contribution in [0, 0.1) is 10.8 Å². The highest BCUT2D eigenvalue weighted by molar-refractivity contribution is 5.41. The summed E-state index contributed by atoms with van der Waals surface area (Å²) in [6.45, 7) is 5.14. The standard InChI is InChI=1S/C29H34F6O4/c1-3-25(17-38-18-25)15-36-13-21-9-5-7-11-23(21)27(30,29(33,34)35)28(31,32)24-12-8-6-10-22(24)14-37-16-26(4-2)19-39-20-26/h5-12H,3-4,13-20H2,1-2H3. The summed E-state index contributed by atoms with van der Waals surface area (Å²) >= 11 is 0. The first-order valence-electron chi connectivity index (χ1n) is 13.0. The molecule has 0 N–H and O–H groups in total. The number of ether oxygens (including phenoxy) is 4. The van der Waals surface area contributed by atoms with Crippen LogP contribution in [-0.4, -0.2) is 45.8 Å². The molecule has 2 saturated heterocycles. The third-order valence-corrected chi connectivity index (χ3v) is 8.03. The van der Waals surface area contributed by atoms with Crippen molar-refractivity contribution in [3.05, 3.63) is 70.8 Å². The van der Waals surface area contributed by atoms with E-state index in [2.05, 4.69) is 0 Å².